The largest absolute Gasteiger partial charge is 0.573 e. The second kappa shape index (κ2) is 3.52. The molecule has 1 aromatic carbocycles. The highest BCUT2D eigenvalue weighted by Crippen LogP contribution is 2.30. The summed E-state index contributed by atoms with van der Waals surface area (Å²) in [5.74, 6) is -0.870. The monoisotopic (exact) mass is 206 g/mol. The quantitative estimate of drug-likeness (QED) is 0.551. The Bertz CT molecular complexity index is 350. The van der Waals surface area contributed by atoms with Crippen LogP contribution in [0, 0.1) is 16.2 Å². The normalized spacial score (nSPS) is 11.1. The van der Waals surface area contributed by atoms with Gasteiger partial charge in [0.15, 0.2) is 0 Å². The number of benzene rings is 1. The van der Waals surface area contributed by atoms with Crippen LogP contribution in [0.15, 0.2) is 18.2 Å². The first-order valence-electron chi connectivity index (χ1n) is 3.31. The summed E-state index contributed by atoms with van der Waals surface area (Å²) in [5.41, 5.74) is -0.843. The summed E-state index contributed by atoms with van der Waals surface area (Å²) < 4.78 is 38.6. The molecule has 0 saturated heterocycles. The number of hydrogen-bond acceptors (Lipinski definition) is 3. The molecule has 0 amide bonds. The number of rotatable bonds is 2. The first-order chi connectivity index (χ1) is 6.40. The van der Waals surface area contributed by atoms with Crippen molar-refractivity contribution in [3.8, 4) is 5.75 Å². The third-order valence-corrected chi connectivity index (χ3v) is 1.21. The number of halogens is 3. The summed E-state index contributed by atoms with van der Waals surface area (Å²) in [6.45, 7) is 0. The van der Waals surface area contributed by atoms with E-state index in [-0.39, 0.29) is 0 Å². The molecular weight excluding hydrogens is 203 g/mol. The van der Waals surface area contributed by atoms with E-state index < -0.39 is 22.7 Å². The Hall–Kier alpha value is -1.79. The number of alkyl halides is 3. The number of ether oxygens (including phenoxy) is 1. The van der Waals surface area contributed by atoms with E-state index >= 15 is 0 Å². The molecule has 0 atom stereocenters. The maximum Gasteiger partial charge on any atom is 0.573 e. The van der Waals surface area contributed by atoms with Crippen LogP contribution in [0.2, 0.25) is 0 Å². The van der Waals surface area contributed by atoms with E-state index in [1.165, 1.54) is 0 Å². The van der Waals surface area contributed by atoms with E-state index in [9.17, 15) is 23.3 Å². The lowest BCUT2D eigenvalue weighted by molar-refractivity contribution is -0.389. The standard InChI is InChI=1S/C7H3F3NO3/c8-7(9,10)14-6-4-2-1-3-5(6)11(12)13/h1-2,4H. The van der Waals surface area contributed by atoms with Gasteiger partial charge in [-0.1, -0.05) is 6.07 Å². The summed E-state index contributed by atoms with van der Waals surface area (Å²) in [4.78, 5) is 9.24. The first kappa shape index (κ1) is 10.3. The Morgan fingerprint density at radius 2 is 2.14 bits per heavy atom. The summed E-state index contributed by atoms with van der Waals surface area (Å²) in [5, 5.41) is 10.2. The van der Waals surface area contributed by atoms with Gasteiger partial charge in [-0.25, -0.2) is 0 Å². The second-order valence-corrected chi connectivity index (χ2v) is 2.19. The molecule has 0 spiro atoms. The molecule has 0 heterocycles. The Morgan fingerprint density at radius 3 is 2.64 bits per heavy atom. The molecule has 0 aromatic heterocycles. The van der Waals surface area contributed by atoms with Crippen molar-refractivity contribution in [1.29, 1.82) is 0 Å². The van der Waals surface area contributed by atoms with Gasteiger partial charge in [0.25, 0.3) is 0 Å². The fourth-order valence-corrected chi connectivity index (χ4v) is 0.762. The van der Waals surface area contributed by atoms with Crippen molar-refractivity contribution in [2.45, 2.75) is 6.36 Å². The van der Waals surface area contributed by atoms with Crippen LogP contribution in [-0.2, 0) is 0 Å². The van der Waals surface area contributed by atoms with E-state index in [0.29, 0.717) is 0 Å². The highest BCUT2D eigenvalue weighted by molar-refractivity contribution is 5.44. The number of nitrogens with zero attached hydrogens (tertiary/aromatic N) is 1. The summed E-state index contributed by atoms with van der Waals surface area (Å²) >= 11 is 0. The molecule has 0 bridgehead atoms. The van der Waals surface area contributed by atoms with Gasteiger partial charge in [0.05, 0.1) is 11.0 Å². The van der Waals surface area contributed by atoms with Crippen molar-refractivity contribution in [2.75, 3.05) is 0 Å². The zero-order valence-electron chi connectivity index (χ0n) is 6.54. The van der Waals surface area contributed by atoms with Crippen LogP contribution < -0.4 is 4.74 Å². The molecule has 14 heavy (non-hydrogen) atoms. The minimum absolute atomic E-state index is 0.843. The number of hydrogen-bond donors (Lipinski definition) is 0. The van der Waals surface area contributed by atoms with Crippen LogP contribution in [0.25, 0.3) is 0 Å². The van der Waals surface area contributed by atoms with E-state index in [2.05, 4.69) is 4.74 Å². The molecule has 0 fully saturated rings. The van der Waals surface area contributed by atoms with Crippen molar-refractivity contribution < 1.29 is 22.8 Å². The lowest BCUT2D eigenvalue weighted by atomic mass is 10.3. The molecule has 0 saturated carbocycles. The van der Waals surface area contributed by atoms with Crippen LogP contribution in [0.4, 0.5) is 18.9 Å². The number of nitro benzene ring substituents is 1. The number of para-hydroxylation sites is 1. The van der Waals surface area contributed by atoms with E-state index in [4.69, 9.17) is 0 Å². The molecular formula is C7H3F3NO3. The minimum atomic E-state index is -4.94. The molecule has 7 heteroatoms. The highest BCUT2D eigenvalue weighted by Gasteiger charge is 2.34. The topological polar surface area (TPSA) is 52.4 Å². The Labute approximate surface area is 76.1 Å². The average Bonchev–Trinajstić information content (AvgIpc) is 2.01. The highest BCUT2D eigenvalue weighted by atomic mass is 19.4. The molecule has 0 aliphatic carbocycles. The molecule has 1 radical (unpaired) electrons. The van der Waals surface area contributed by atoms with Gasteiger partial charge in [0.2, 0.25) is 5.75 Å². The average molecular weight is 206 g/mol. The van der Waals surface area contributed by atoms with Crippen LogP contribution in [-0.4, -0.2) is 11.3 Å². The smallest absolute Gasteiger partial charge is 0.398 e. The molecule has 0 unspecified atom stereocenters. The van der Waals surface area contributed by atoms with Crippen molar-refractivity contribution in [3.05, 3.63) is 34.4 Å². The van der Waals surface area contributed by atoms with Crippen molar-refractivity contribution in [2.24, 2.45) is 0 Å². The van der Waals surface area contributed by atoms with Crippen LogP contribution >= 0.6 is 0 Å². The van der Waals surface area contributed by atoms with Crippen molar-refractivity contribution >= 4 is 5.69 Å². The SMILES string of the molecule is O=[N+]([O-])c1[c]cccc1OC(F)(F)F. The fraction of sp³-hybridized carbons (Fsp3) is 0.143. The van der Waals surface area contributed by atoms with E-state index in [1.54, 1.807) is 0 Å². The molecule has 75 valence electrons. The van der Waals surface area contributed by atoms with Gasteiger partial charge in [0.1, 0.15) is 0 Å². The van der Waals surface area contributed by atoms with Gasteiger partial charge in [-0.3, -0.25) is 10.1 Å². The maximum atomic E-state index is 11.7. The van der Waals surface area contributed by atoms with Gasteiger partial charge >= 0.3 is 12.0 Å². The molecule has 0 aliphatic heterocycles. The fourth-order valence-electron chi connectivity index (χ4n) is 0.762. The van der Waals surface area contributed by atoms with Crippen LogP contribution in [0.5, 0.6) is 5.75 Å². The van der Waals surface area contributed by atoms with Gasteiger partial charge in [-0.15, -0.1) is 13.2 Å². The predicted octanol–water partition coefficient (Wildman–Crippen LogP) is 2.29. The summed E-state index contributed by atoms with van der Waals surface area (Å²) in [7, 11) is 0. The van der Waals surface area contributed by atoms with Crippen LogP contribution in [0.1, 0.15) is 0 Å². The minimum Gasteiger partial charge on any atom is -0.398 e. The Kier molecular flexibility index (Phi) is 2.59. The van der Waals surface area contributed by atoms with Gasteiger partial charge < -0.3 is 4.74 Å². The van der Waals surface area contributed by atoms with E-state index in [0.717, 1.165) is 18.2 Å². The molecule has 1 rings (SSSR count). The maximum absolute atomic E-state index is 11.7. The molecule has 4 nitrogen and oxygen atoms in total. The Balaban J connectivity index is 3.02. The van der Waals surface area contributed by atoms with E-state index in [1.807, 2.05) is 6.07 Å². The zero-order valence-corrected chi connectivity index (χ0v) is 6.54. The number of nitro groups is 1. The summed E-state index contributed by atoms with van der Waals surface area (Å²) in [6.07, 6.45) is -4.94. The van der Waals surface area contributed by atoms with Crippen molar-refractivity contribution in [3.63, 3.8) is 0 Å². The first-order valence-corrected chi connectivity index (χ1v) is 3.31. The second-order valence-electron chi connectivity index (χ2n) is 2.19. The zero-order chi connectivity index (χ0) is 10.8. The van der Waals surface area contributed by atoms with Crippen LogP contribution in [0.3, 0.4) is 0 Å². The Morgan fingerprint density at radius 1 is 1.50 bits per heavy atom. The van der Waals surface area contributed by atoms with Crippen molar-refractivity contribution in [1.82, 2.24) is 0 Å². The molecule has 0 aliphatic rings. The predicted molar refractivity (Wildman–Crippen MR) is 38.6 cm³/mol. The van der Waals surface area contributed by atoms with Gasteiger partial charge in [-0.05, 0) is 12.1 Å². The lowest BCUT2D eigenvalue weighted by Gasteiger charge is -2.07. The molecule has 1 aromatic rings. The third-order valence-electron chi connectivity index (χ3n) is 1.21. The van der Waals surface area contributed by atoms with Gasteiger partial charge in [-0.2, -0.15) is 0 Å². The lowest BCUT2D eigenvalue weighted by Crippen LogP contribution is -2.17. The molecule has 0 N–H and O–H groups in total. The summed E-state index contributed by atoms with van der Waals surface area (Å²) in [6, 6.07) is 5.17. The third kappa shape index (κ3) is 2.61. The van der Waals surface area contributed by atoms with Gasteiger partial charge in [0, 0.05) is 0 Å².